The first-order valence-corrected chi connectivity index (χ1v) is 3.60. The molecule has 0 aromatic heterocycles. The fourth-order valence-electron chi connectivity index (χ4n) is 0.424. The second-order valence-corrected chi connectivity index (χ2v) is 3.25. The van der Waals surface area contributed by atoms with Gasteiger partial charge in [-0.1, -0.05) is 23.2 Å². The van der Waals surface area contributed by atoms with Crippen molar-refractivity contribution in [3.8, 4) is 0 Å². The van der Waals surface area contributed by atoms with E-state index in [1.165, 1.54) is 0 Å². The molecule has 0 nitrogen and oxygen atoms in total. The second-order valence-electron chi connectivity index (χ2n) is 1.50. The largest absolute Gasteiger partial charge is 0.115 e. The number of rotatable bonds is 0. The number of alkyl halides is 2. The maximum Gasteiger partial charge on any atom is 0.0918 e. The molecule has 1 aliphatic rings. The SMILES string of the molecule is ClC1=C(Cl)C(Cl)C1Cl. The minimum absolute atomic E-state index is 0.272. The van der Waals surface area contributed by atoms with E-state index in [0.29, 0.717) is 10.1 Å². The van der Waals surface area contributed by atoms with E-state index in [9.17, 15) is 0 Å². The molecule has 2 atom stereocenters. The van der Waals surface area contributed by atoms with Gasteiger partial charge in [-0.2, -0.15) is 0 Å². The van der Waals surface area contributed by atoms with Crippen LogP contribution in [0.1, 0.15) is 0 Å². The highest BCUT2D eigenvalue weighted by atomic mass is 35.5. The van der Waals surface area contributed by atoms with Crippen molar-refractivity contribution in [2.75, 3.05) is 0 Å². The summed E-state index contributed by atoms with van der Waals surface area (Å²) in [6, 6.07) is 0. The van der Waals surface area contributed by atoms with Crippen LogP contribution in [0.25, 0.3) is 0 Å². The van der Waals surface area contributed by atoms with E-state index in [1.807, 2.05) is 0 Å². The Bertz CT molecular complexity index is 123. The van der Waals surface area contributed by atoms with Crippen molar-refractivity contribution < 1.29 is 0 Å². The van der Waals surface area contributed by atoms with Crippen molar-refractivity contribution in [1.29, 1.82) is 0 Å². The molecule has 0 amide bonds. The quantitative estimate of drug-likeness (QED) is 0.517. The molecule has 0 radical (unpaired) electrons. The minimum atomic E-state index is -0.272. The average molecular weight is 192 g/mol. The zero-order valence-electron chi connectivity index (χ0n) is 3.67. The van der Waals surface area contributed by atoms with Crippen molar-refractivity contribution in [3.63, 3.8) is 0 Å². The Kier molecular flexibility index (Phi) is 1.98. The third-order valence-electron chi connectivity index (χ3n) is 0.969. The van der Waals surface area contributed by atoms with Gasteiger partial charge in [0.25, 0.3) is 0 Å². The van der Waals surface area contributed by atoms with E-state index in [2.05, 4.69) is 0 Å². The van der Waals surface area contributed by atoms with Gasteiger partial charge >= 0.3 is 0 Å². The fraction of sp³-hybridized carbons (Fsp3) is 0.500. The highest BCUT2D eigenvalue weighted by Crippen LogP contribution is 2.41. The average Bonchev–Trinajstić information content (AvgIpc) is 1.83. The van der Waals surface area contributed by atoms with E-state index in [-0.39, 0.29) is 10.8 Å². The van der Waals surface area contributed by atoms with Gasteiger partial charge in [0.2, 0.25) is 0 Å². The van der Waals surface area contributed by atoms with Gasteiger partial charge in [0.05, 0.1) is 20.8 Å². The highest BCUT2D eigenvalue weighted by Gasteiger charge is 2.35. The first kappa shape index (κ1) is 7.01. The zero-order chi connectivity index (χ0) is 6.31. The molecule has 0 bridgehead atoms. The topological polar surface area (TPSA) is 0 Å². The molecule has 1 aliphatic carbocycles. The molecule has 46 valence electrons. The Morgan fingerprint density at radius 3 is 1.25 bits per heavy atom. The predicted molar refractivity (Wildman–Crippen MR) is 38.0 cm³/mol. The maximum atomic E-state index is 5.54. The molecule has 0 N–H and O–H groups in total. The van der Waals surface area contributed by atoms with E-state index < -0.39 is 0 Å². The molecular formula is C4H2Cl4. The smallest absolute Gasteiger partial charge is 0.0918 e. The van der Waals surface area contributed by atoms with E-state index in [1.54, 1.807) is 0 Å². The normalized spacial score (nSPS) is 37.5. The molecule has 4 heteroatoms. The first-order valence-electron chi connectivity index (χ1n) is 1.98. The summed E-state index contributed by atoms with van der Waals surface area (Å²) in [6.45, 7) is 0. The summed E-state index contributed by atoms with van der Waals surface area (Å²) in [5.41, 5.74) is 0. The molecule has 2 unspecified atom stereocenters. The lowest BCUT2D eigenvalue weighted by atomic mass is 10.1. The monoisotopic (exact) mass is 190 g/mol. The summed E-state index contributed by atoms with van der Waals surface area (Å²) in [6.07, 6.45) is 0. The second kappa shape index (κ2) is 2.26. The van der Waals surface area contributed by atoms with Crippen LogP contribution in [0.2, 0.25) is 0 Å². The van der Waals surface area contributed by atoms with Crippen molar-refractivity contribution in [3.05, 3.63) is 10.1 Å². The van der Waals surface area contributed by atoms with Gasteiger partial charge in [-0.15, -0.1) is 23.2 Å². The Morgan fingerprint density at radius 1 is 0.875 bits per heavy atom. The van der Waals surface area contributed by atoms with E-state index in [4.69, 9.17) is 46.4 Å². The first-order chi connectivity index (χ1) is 3.64. The predicted octanol–water partition coefficient (Wildman–Crippen LogP) is 2.90. The number of allylic oxidation sites excluding steroid dienone is 2. The van der Waals surface area contributed by atoms with Gasteiger partial charge in [0, 0.05) is 0 Å². The van der Waals surface area contributed by atoms with Crippen LogP contribution >= 0.6 is 46.4 Å². The molecule has 0 saturated carbocycles. The molecule has 0 spiro atoms. The zero-order valence-corrected chi connectivity index (χ0v) is 6.69. The number of hydrogen-bond acceptors (Lipinski definition) is 0. The summed E-state index contributed by atoms with van der Waals surface area (Å²) in [5, 5.41) is 0.415. The van der Waals surface area contributed by atoms with Crippen LogP contribution in [0.3, 0.4) is 0 Å². The third-order valence-corrected chi connectivity index (χ3v) is 3.24. The lowest BCUT2D eigenvalue weighted by molar-refractivity contribution is 0.931. The van der Waals surface area contributed by atoms with Crippen molar-refractivity contribution in [2.24, 2.45) is 0 Å². The van der Waals surface area contributed by atoms with Crippen LogP contribution in [-0.2, 0) is 0 Å². The molecule has 0 fully saturated rings. The van der Waals surface area contributed by atoms with E-state index in [0.717, 1.165) is 0 Å². The van der Waals surface area contributed by atoms with Crippen LogP contribution in [0.4, 0.5) is 0 Å². The minimum Gasteiger partial charge on any atom is -0.115 e. The van der Waals surface area contributed by atoms with Crippen LogP contribution in [-0.4, -0.2) is 10.8 Å². The van der Waals surface area contributed by atoms with E-state index >= 15 is 0 Å². The Hall–Kier alpha value is 0.900. The van der Waals surface area contributed by atoms with Gasteiger partial charge in [-0.3, -0.25) is 0 Å². The van der Waals surface area contributed by atoms with Crippen LogP contribution in [0.15, 0.2) is 10.1 Å². The van der Waals surface area contributed by atoms with Gasteiger partial charge < -0.3 is 0 Å². The summed E-state index contributed by atoms with van der Waals surface area (Å²) in [4.78, 5) is 0. The van der Waals surface area contributed by atoms with Crippen molar-refractivity contribution >= 4 is 46.4 Å². The number of hydrogen-bond donors (Lipinski definition) is 0. The molecule has 0 aromatic carbocycles. The fourth-order valence-corrected chi connectivity index (χ4v) is 1.64. The molecule has 0 aromatic rings. The Balaban J connectivity index is 2.74. The third kappa shape index (κ3) is 0.841. The highest BCUT2D eigenvalue weighted by molar-refractivity contribution is 6.52. The Labute approximate surface area is 67.4 Å². The summed E-state index contributed by atoms with van der Waals surface area (Å²) < 4.78 is 0. The summed E-state index contributed by atoms with van der Waals surface area (Å²) >= 11 is 22.0. The molecular weight excluding hydrogens is 190 g/mol. The summed E-state index contributed by atoms with van der Waals surface area (Å²) in [5.74, 6) is 0. The molecule has 1 rings (SSSR count). The van der Waals surface area contributed by atoms with Gasteiger partial charge in [0.15, 0.2) is 0 Å². The Morgan fingerprint density at radius 2 is 1.12 bits per heavy atom. The lowest BCUT2D eigenvalue weighted by Gasteiger charge is -2.25. The maximum absolute atomic E-state index is 5.54. The summed E-state index contributed by atoms with van der Waals surface area (Å²) in [7, 11) is 0. The lowest BCUT2D eigenvalue weighted by Crippen LogP contribution is -2.27. The van der Waals surface area contributed by atoms with Gasteiger partial charge in [-0.05, 0) is 0 Å². The molecule has 0 aliphatic heterocycles. The van der Waals surface area contributed by atoms with Crippen molar-refractivity contribution in [2.45, 2.75) is 10.8 Å². The standard InChI is InChI=1S/C4H2Cl4/c5-1-2(6)4(8)3(1)7/h1-2H. The molecule has 0 heterocycles. The van der Waals surface area contributed by atoms with Crippen LogP contribution in [0.5, 0.6) is 0 Å². The number of halogens is 4. The molecule has 0 saturated heterocycles. The molecule has 8 heavy (non-hydrogen) atoms. The van der Waals surface area contributed by atoms with Gasteiger partial charge in [0.1, 0.15) is 0 Å². The van der Waals surface area contributed by atoms with Gasteiger partial charge in [-0.25, -0.2) is 0 Å². The van der Waals surface area contributed by atoms with Crippen LogP contribution < -0.4 is 0 Å². The van der Waals surface area contributed by atoms with Crippen molar-refractivity contribution in [1.82, 2.24) is 0 Å². The van der Waals surface area contributed by atoms with Crippen LogP contribution in [0, 0.1) is 0 Å².